The number of allylic oxidation sites excluding steroid dienone is 2. The van der Waals surface area contributed by atoms with Crippen LogP contribution in [-0.2, 0) is 19.1 Å². The van der Waals surface area contributed by atoms with Gasteiger partial charge in [0.25, 0.3) is 5.91 Å². The predicted molar refractivity (Wildman–Crippen MR) is 139 cm³/mol. The number of rotatable bonds is 6. The Balaban J connectivity index is 1.88. The predicted octanol–water partition coefficient (Wildman–Crippen LogP) is 5.96. The summed E-state index contributed by atoms with van der Waals surface area (Å²) in [5, 5.41) is 3.40. The number of benzene rings is 2. The first-order valence-electron chi connectivity index (χ1n) is 11.8. The Bertz CT molecular complexity index is 1330. The zero-order chi connectivity index (χ0) is 26.9. The molecule has 1 amide bonds. The first-order valence-corrected chi connectivity index (χ1v) is 12.6. The number of ether oxygens (including phenoxy) is 3. The quantitative estimate of drug-likeness (QED) is 0.451. The van der Waals surface area contributed by atoms with E-state index in [4.69, 9.17) is 37.4 Å². The van der Waals surface area contributed by atoms with Crippen molar-refractivity contribution in [3.63, 3.8) is 0 Å². The highest BCUT2D eigenvalue weighted by atomic mass is 35.5. The maximum Gasteiger partial charge on any atom is 0.340 e. The van der Waals surface area contributed by atoms with Gasteiger partial charge in [0, 0.05) is 34.0 Å². The van der Waals surface area contributed by atoms with Gasteiger partial charge in [-0.1, -0.05) is 43.1 Å². The molecule has 1 atom stereocenters. The third-order valence-corrected chi connectivity index (χ3v) is 6.84. The number of ketones is 1. The van der Waals surface area contributed by atoms with Gasteiger partial charge in [-0.3, -0.25) is 14.9 Å². The van der Waals surface area contributed by atoms with Crippen molar-refractivity contribution in [1.29, 1.82) is 0 Å². The molecule has 7 nitrogen and oxygen atoms in total. The van der Waals surface area contributed by atoms with Gasteiger partial charge < -0.3 is 14.2 Å². The number of carbonyl (C=O) groups excluding carboxylic acids is 3. The molecule has 0 radical (unpaired) electrons. The van der Waals surface area contributed by atoms with Crippen LogP contribution in [0.1, 0.15) is 55.5 Å². The highest BCUT2D eigenvalue weighted by Crippen LogP contribution is 2.50. The van der Waals surface area contributed by atoms with Gasteiger partial charge in [-0.15, -0.1) is 0 Å². The van der Waals surface area contributed by atoms with E-state index in [1.54, 1.807) is 49.4 Å². The second-order valence-corrected chi connectivity index (χ2v) is 10.5. The molecule has 0 aromatic heterocycles. The van der Waals surface area contributed by atoms with Crippen molar-refractivity contribution in [1.82, 2.24) is 5.32 Å². The van der Waals surface area contributed by atoms with Gasteiger partial charge in [-0.2, -0.15) is 0 Å². The zero-order valence-electron chi connectivity index (χ0n) is 20.9. The van der Waals surface area contributed by atoms with Crippen LogP contribution in [0.15, 0.2) is 65.3 Å². The summed E-state index contributed by atoms with van der Waals surface area (Å²) in [6, 6.07) is 11.3. The summed E-state index contributed by atoms with van der Waals surface area (Å²) in [6.45, 7) is 5.67. The number of hydrogen-bond acceptors (Lipinski definition) is 6. The molecule has 0 spiro atoms. The minimum absolute atomic E-state index is 0.0141. The average molecular weight is 544 g/mol. The third-order valence-electron chi connectivity index (χ3n) is 6.27. The van der Waals surface area contributed by atoms with Crippen molar-refractivity contribution in [3.05, 3.63) is 86.4 Å². The molecule has 37 heavy (non-hydrogen) atoms. The highest BCUT2D eigenvalue weighted by Gasteiger charge is 2.46. The number of carbonyl (C=O) groups is 3. The topological polar surface area (TPSA) is 90.9 Å². The normalized spacial score (nSPS) is 18.6. The van der Waals surface area contributed by atoms with Crippen LogP contribution in [0.3, 0.4) is 0 Å². The van der Waals surface area contributed by atoms with E-state index in [2.05, 4.69) is 5.32 Å². The molecular weight excluding hydrogens is 517 g/mol. The van der Waals surface area contributed by atoms with Gasteiger partial charge in [-0.25, -0.2) is 4.79 Å². The van der Waals surface area contributed by atoms with Gasteiger partial charge in [0.1, 0.15) is 17.1 Å². The number of nitrogens with one attached hydrogen (secondary N) is 1. The van der Waals surface area contributed by atoms with Crippen LogP contribution in [-0.4, -0.2) is 31.4 Å². The van der Waals surface area contributed by atoms with Crippen molar-refractivity contribution in [3.8, 4) is 5.75 Å². The van der Waals surface area contributed by atoms with Gasteiger partial charge in [-0.05, 0) is 54.3 Å². The Morgan fingerprint density at radius 1 is 1.11 bits per heavy atom. The number of Topliss-reactive ketones (excluding diaryl/α,β-unsaturated/α-hetero) is 1. The van der Waals surface area contributed by atoms with E-state index in [1.807, 2.05) is 13.8 Å². The van der Waals surface area contributed by atoms with Crippen LogP contribution >= 0.6 is 23.2 Å². The molecule has 0 bridgehead atoms. The molecule has 1 aliphatic heterocycles. The summed E-state index contributed by atoms with van der Waals surface area (Å²) in [5.41, 5.74) is 0.737. The zero-order valence-corrected chi connectivity index (χ0v) is 22.5. The Labute approximate surface area is 225 Å². The molecule has 194 valence electrons. The highest BCUT2D eigenvalue weighted by molar-refractivity contribution is 6.35. The van der Waals surface area contributed by atoms with Gasteiger partial charge in [0.05, 0.1) is 19.6 Å². The molecule has 0 saturated carbocycles. The molecule has 1 N–H and O–H groups in total. The summed E-state index contributed by atoms with van der Waals surface area (Å²) in [6.07, 6.45) is 0.689. The average Bonchev–Trinajstić information content (AvgIpc) is 2.82. The van der Waals surface area contributed by atoms with Gasteiger partial charge >= 0.3 is 5.97 Å². The van der Waals surface area contributed by atoms with E-state index in [0.29, 0.717) is 39.7 Å². The van der Waals surface area contributed by atoms with E-state index in [1.165, 1.54) is 7.11 Å². The molecule has 2 aliphatic rings. The van der Waals surface area contributed by atoms with E-state index in [0.717, 1.165) is 0 Å². The fourth-order valence-corrected chi connectivity index (χ4v) is 5.14. The number of halogens is 2. The lowest BCUT2D eigenvalue weighted by molar-refractivity contribution is -0.139. The van der Waals surface area contributed by atoms with Crippen molar-refractivity contribution in [2.45, 2.75) is 39.5 Å². The molecule has 4 rings (SSSR count). The summed E-state index contributed by atoms with van der Waals surface area (Å²) in [7, 11) is 1.53. The van der Waals surface area contributed by atoms with Crippen LogP contribution in [0.25, 0.3) is 0 Å². The maximum atomic E-state index is 13.5. The Hall–Kier alpha value is -3.29. The number of amides is 1. The molecule has 0 fully saturated rings. The molecule has 9 heteroatoms. The van der Waals surface area contributed by atoms with Crippen molar-refractivity contribution < 1.29 is 28.6 Å². The fraction of sp³-hybridized carbons (Fsp3) is 0.321. The second-order valence-electron chi connectivity index (χ2n) is 9.62. The third kappa shape index (κ3) is 5.53. The smallest absolute Gasteiger partial charge is 0.340 e. The molecule has 2 aromatic rings. The lowest BCUT2D eigenvalue weighted by Crippen LogP contribution is -2.38. The van der Waals surface area contributed by atoms with Crippen molar-refractivity contribution in [2.75, 3.05) is 13.7 Å². The van der Waals surface area contributed by atoms with Crippen LogP contribution < -0.4 is 10.1 Å². The monoisotopic (exact) mass is 543 g/mol. The van der Waals surface area contributed by atoms with Gasteiger partial charge in [0.2, 0.25) is 5.88 Å². The Morgan fingerprint density at radius 2 is 1.81 bits per heavy atom. The van der Waals surface area contributed by atoms with E-state index in [-0.39, 0.29) is 40.7 Å². The molecule has 1 aliphatic carbocycles. The molecule has 1 heterocycles. The number of esters is 1. The SMILES string of the molecule is CCOC(=O)C1=C(NC(=O)c2ccc(OC)cc2)OC2=C(C(=O)CC(C)(C)C2)C1c1ccc(Cl)cc1Cl. The standard InChI is InChI=1S/C28H27Cl2NO6/c1-5-36-27(34)24-22(18-11-8-16(29)12-19(18)30)23-20(32)13-28(2,3)14-21(23)37-26(24)31-25(33)15-6-9-17(35-4)10-7-15/h6-12,22H,5,13-14H2,1-4H3,(H,31,33). The lowest BCUT2D eigenvalue weighted by atomic mass is 9.70. The number of hydrogen-bond donors (Lipinski definition) is 1. The largest absolute Gasteiger partial charge is 0.497 e. The lowest BCUT2D eigenvalue weighted by Gasteiger charge is -2.38. The fourth-order valence-electron chi connectivity index (χ4n) is 4.62. The summed E-state index contributed by atoms with van der Waals surface area (Å²) in [5.74, 6) is -1.44. The Kier molecular flexibility index (Phi) is 7.67. The van der Waals surface area contributed by atoms with Crippen molar-refractivity contribution >= 4 is 40.9 Å². The Morgan fingerprint density at radius 3 is 2.43 bits per heavy atom. The van der Waals surface area contributed by atoms with Gasteiger partial charge in [0.15, 0.2) is 5.78 Å². The second kappa shape index (κ2) is 10.6. The number of methoxy groups -OCH3 is 1. The minimum atomic E-state index is -0.915. The van der Waals surface area contributed by atoms with Crippen LogP contribution in [0, 0.1) is 5.41 Å². The van der Waals surface area contributed by atoms with E-state index < -0.39 is 17.8 Å². The van der Waals surface area contributed by atoms with E-state index in [9.17, 15) is 14.4 Å². The molecular formula is C28H27Cl2NO6. The first-order chi connectivity index (χ1) is 17.5. The van der Waals surface area contributed by atoms with Crippen LogP contribution in [0.5, 0.6) is 5.75 Å². The molecule has 2 aromatic carbocycles. The summed E-state index contributed by atoms with van der Waals surface area (Å²) in [4.78, 5) is 40.0. The summed E-state index contributed by atoms with van der Waals surface area (Å²) >= 11 is 12.7. The molecule has 0 saturated heterocycles. The molecule has 1 unspecified atom stereocenters. The maximum absolute atomic E-state index is 13.5. The first kappa shape index (κ1) is 26.8. The minimum Gasteiger partial charge on any atom is -0.497 e. The van der Waals surface area contributed by atoms with Crippen LogP contribution in [0.4, 0.5) is 0 Å². The van der Waals surface area contributed by atoms with E-state index >= 15 is 0 Å². The van der Waals surface area contributed by atoms with Crippen LogP contribution in [0.2, 0.25) is 10.0 Å². The van der Waals surface area contributed by atoms with Crippen molar-refractivity contribution in [2.24, 2.45) is 5.41 Å². The summed E-state index contributed by atoms with van der Waals surface area (Å²) < 4.78 is 16.7.